The zero-order valence-electron chi connectivity index (χ0n) is 9.83. The molecule has 92 valence electrons. The monoisotopic (exact) mass is 228 g/mol. The van der Waals surface area contributed by atoms with Gasteiger partial charge in [-0.15, -0.1) is 0 Å². The van der Waals surface area contributed by atoms with Crippen LogP contribution in [0.4, 0.5) is 0 Å². The van der Waals surface area contributed by atoms with Gasteiger partial charge in [-0.1, -0.05) is 0 Å². The van der Waals surface area contributed by atoms with E-state index in [0.717, 1.165) is 25.9 Å². The molecule has 0 aromatic carbocycles. The molecule has 1 rings (SSSR count). The van der Waals surface area contributed by atoms with Crippen molar-refractivity contribution in [2.24, 2.45) is 0 Å². The van der Waals surface area contributed by atoms with Crippen LogP contribution in [-0.2, 0) is 14.3 Å². The van der Waals surface area contributed by atoms with Gasteiger partial charge in [0.05, 0.1) is 6.54 Å². The van der Waals surface area contributed by atoms with E-state index in [1.54, 1.807) is 0 Å². The van der Waals surface area contributed by atoms with Crippen molar-refractivity contribution in [3.8, 4) is 0 Å². The SMILES string of the molecule is CCOCC(=O)NCC(=O)N1CCCCC1. The summed E-state index contributed by atoms with van der Waals surface area (Å²) in [6.07, 6.45) is 3.33. The molecule has 1 aliphatic heterocycles. The van der Waals surface area contributed by atoms with Crippen LogP contribution in [0.2, 0.25) is 0 Å². The van der Waals surface area contributed by atoms with Crippen LogP contribution in [-0.4, -0.2) is 49.6 Å². The predicted octanol–water partition coefficient (Wildman–Crippen LogP) is 0.152. The molecule has 0 aliphatic carbocycles. The molecule has 0 aromatic rings. The maximum absolute atomic E-state index is 11.6. The lowest BCUT2D eigenvalue weighted by Crippen LogP contribution is -2.43. The molecule has 0 bridgehead atoms. The van der Waals surface area contributed by atoms with Gasteiger partial charge in [0.2, 0.25) is 11.8 Å². The largest absolute Gasteiger partial charge is 0.372 e. The quantitative estimate of drug-likeness (QED) is 0.729. The van der Waals surface area contributed by atoms with Crippen molar-refractivity contribution in [2.45, 2.75) is 26.2 Å². The number of hydrogen-bond acceptors (Lipinski definition) is 3. The Kier molecular flexibility index (Phi) is 5.85. The van der Waals surface area contributed by atoms with E-state index < -0.39 is 0 Å². The number of carbonyl (C=O) groups excluding carboxylic acids is 2. The lowest BCUT2D eigenvalue weighted by molar-refractivity contribution is -0.134. The van der Waals surface area contributed by atoms with E-state index in [4.69, 9.17) is 4.74 Å². The Morgan fingerprint density at radius 1 is 1.25 bits per heavy atom. The first-order valence-electron chi connectivity index (χ1n) is 5.86. The molecular formula is C11H20N2O3. The Morgan fingerprint density at radius 3 is 2.56 bits per heavy atom. The van der Waals surface area contributed by atoms with Crippen LogP contribution < -0.4 is 5.32 Å². The number of ether oxygens (including phenoxy) is 1. The minimum Gasteiger partial charge on any atom is -0.372 e. The highest BCUT2D eigenvalue weighted by Gasteiger charge is 2.16. The van der Waals surface area contributed by atoms with Crippen LogP contribution in [0.5, 0.6) is 0 Å². The summed E-state index contributed by atoms with van der Waals surface area (Å²) in [4.78, 5) is 24.6. The highest BCUT2D eigenvalue weighted by molar-refractivity contribution is 5.85. The van der Waals surface area contributed by atoms with Crippen molar-refractivity contribution in [1.29, 1.82) is 0 Å². The number of hydrogen-bond donors (Lipinski definition) is 1. The molecule has 1 heterocycles. The van der Waals surface area contributed by atoms with Crippen LogP contribution in [0.3, 0.4) is 0 Å². The molecular weight excluding hydrogens is 208 g/mol. The molecule has 2 amide bonds. The fourth-order valence-corrected chi connectivity index (χ4v) is 1.68. The second-order valence-corrected chi connectivity index (χ2v) is 3.86. The van der Waals surface area contributed by atoms with Gasteiger partial charge in [-0.3, -0.25) is 9.59 Å². The lowest BCUT2D eigenvalue weighted by atomic mass is 10.1. The van der Waals surface area contributed by atoms with E-state index in [-0.39, 0.29) is 25.0 Å². The van der Waals surface area contributed by atoms with Gasteiger partial charge < -0.3 is 15.0 Å². The van der Waals surface area contributed by atoms with E-state index in [9.17, 15) is 9.59 Å². The molecule has 16 heavy (non-hydrogen) atoms. The minimum absolute atomic E-state index is 0.00421. The van der Waals surface area contributed by atoms with Crippen LogP contribution in [0.25, 0.3) is 0 Å². The topological polar surface area (TPSA) is 58.6 Å². The standard InChI is InChI=1S/C11H20N2O3/c1-2-16-9-10(14)12-8-11(15)13-6-4-3-5-7-13/h2-9H2,1H3,(H,12,14). The van der Waals surface area contributed by atoms with Crippen LogP contribution in [0, 0.1) is 0 Å². The summed E-state index contributed by atoms with van der Waals surface area (Å²) in [5.41, 5.74) is 0. The van der Waals surface area contributed by atoms with E-state index in [2.05, 4.69) is 5.32 Å². The number of amides is 2. The third-order valence-electron chi connectivity index (χ3n) is 2.58. The molecule has 0 spiro atoms. The van der Waals surface area contributed by atoms with Gasteiger partial charge in [-0.25, -0.2) is 0 Å². The fraction of sp³-hybridized carbons (Fsp3) is 0.818. The average molecular weight is 228 g/mol. The summed E-state index contributed by atoms with van der Waals surface area (Å²) >= 11 is 0. The van der Waals surface area contributed by atoms with Crippen molar-refractivity contribution in [3.05, 3.63) is 0 Å². The highest BCUT2D eigenvalue weighted by atomic mass is 16.5. The Balaban J connectivity index is 2.15. The molecule has 0 unspecified atom stereocenters. The average Bonchev–Trinajstić information content (AvgIpc) is 2.34. The van der Waals surface area contributed by atoms with Gasteiger partial charge in [-0.05, 0) is 26.2 Å². The molecule has 5 nitrogen and oxygen atoms in total. The first-order chi connectivity index (χ1) is 7.74. The second-order valence-electron chi connectivity index (χ2n) is 3.86. The Hall–Kier alpha value is -1.10. The number of nitrogens with zero attached hydrogens (tertiary/aromatic N) is 1. The summed E-state index contributed by atoms with van der Waals surface area (Å²) < 4.78 is 4.94. The van der Waals surface area contributed by atoms with Crippen LogP contribution in [0.15, 0.2) is 0 Å². The minimum atomic E-state index is -0.229. The van der Waals surface area contributed by atoms with Crippen molar-refractivity contribution in [1.82, 2.24) is 10.2 Å². The second kappa shape index (κ2) is 7.22. The zero-order valence-corrected chi connectivity index (χ0v) is 9.83. The number of likely N-dealkylation sites (tertiary alicyclic amines) is 1. The molecule has 0 aromatic heterocycles. The molecule has 1 aliphatic rings. The van der Waals surface area contributed by atoms with Crippen molar-refractivity contribution in [3.63, 3.8) is 0 Å². The number of nitrogens with one attached hydrogen (secondary N) is 1. The van der Waals surface area contributed by atoms with Gasteiger partial charge in [0.25, 0.3) is 0 Å². The van der Waals surface area contributed by atoms with Crippen LogP contribution >= 0.6 is 0 Å². The Labute approximate surface area is 96.1 Å². The van der Waals surface area contributed by atoms with Crippen molar-refractivity contribution in [2.75, 3.05) is 32.8 Å². The molecule has 5 heteroatoms. The number of piperidine rings is 1. The molecule has 0 radical (unpaired) electrons. The smallest absolute Gasteiger partial charge is 0.246 e. The molecule has 0 atom stereocenters. The number of rotatable bonds is 5. The van der Waals surface area contributed by atoms with Crippen LogP contribution in [0.1, 0.15) is 26.2 Å². The van der Waals surface area contributed by atoms with E-state index in [1.165, 1.54) is 6.42 Å². The van der Waals surface area contributed by atoms with E-state index in [0.29, 0.717) is 6.61 Å². The van der Waals surface area contributed by atoms with Gasteiger partial charge in [-0.2, -0.15) is 0 Å². The van der Waals surface area contributed by atoms with Gasteiger partial charge in [0.15, 0.2) is 0 Å². The predicted molar refractivity (Wildman–Crippen MR) is 59.9 cm³/mol. The fourth-order valence-electron chi connectivity index (χ4n) is 1.68. The van der Waals surface area contributed by atoms with Crippen molar-refractivity contribution >= 4 is 11.8 Å². The summed E-state index contributed by atoms with van der Waals surface area (Å²) in [6.45, 7) is 4.09. The zero-order chi connectivity index (χ0) is 11.8. The normalized spacial score (nSPS) is 15.9. The van der Waals surface area contributed by atoms with Crippen molar-refractivity contribution < 1.29 is 14.3 Å². The highest BCUT2D eigenvalue weighted by Crippen LogP contribution is 2.07. The lowest BCUT2D eigenvalue weighted by Gasteiger charge is -2.26. The van der Waals surface area contributed by atoms with E-state index >= 15 is 0 Å². The first kappa shape index (κ1) is 13.0. The summed E-state index contributed by atoms with van der Waals surface area (Å²) in [6, 6.07) is 0. The van der Waals surface area contributed by atoms with Gasteiger partial charge in [0, 0.05) is 19.7 Å². The molecule has 1 fully saturated rings. The third-order valence-corrected chi connectivity index (χ3v) is 2.58. The summed E-state index contributed by atoms with van der Waals surface area (Å²) in [5, 5.41) is 2.56. The molecule has 1 saturated heterocycles. The van der Waals surface area contributed by atoms with E-state index in [1.807, 2.05) is 11.8 Å². The number of carbonyl (C=O) groups is 2. The summed E-state index contributed by atoms with van der Waals surface area (Å²) in [5.74, 6) is -0.225. The maximum atomic E-state index is 11.6. The van der Waals surface area contributed by atoms with Gasteiger partial charge in [0.1, 0.15) is 6.61 Å². The first-order valence-corrected chi connectivity index (χ1v) is 5.86. The molecule has 0 saturated carbocycles. The van der Waals surface area contributed by atoms with Gasteiger partial charge >= 0.3 is 0 Å². The molecule has 1 N–H and O–H groups in total. The Bertz CT molecular complexity index is 237. The third kappa shape index (κ3) is 4.61. The Morgan fingerprint density at radius 2 is 1.94 bits per heavy atom. The maximum Gasteiger partial charge on any atom is 0.246 e. The summed E-state index contributed by atoms with van der Waals surface area (Å²) in [7, 11) is 0.